The second kappa shape index (κ2) is 8.31. The van der Waals surface area contributed by atoms with E-state index in [1.54, 1.807) is 6.92 Å². The third-order valence-electron chi connectivity index (χ3n) is 2.59. The largest absolute Gasteiger partial charge is 0.466 e. The quantitative estimate of drug-likeness (QED) is 0.418. The molecule has 0 spiro atoms. The third-order valence-corrected chi connectivity index (χ3v) is 2.59. The fraction of sp³-hybridized carbons (Fsp3) is 0.615. The standard InChI is InChI=1S/C13H18O7/c1-3-10(14)19-9-6-7-18-13(8-9)20-12(16)5-4-11(15)17-2/h4-5,9,13H,3,6-8H2,1-2H3/b5-4+/t9-,13-/m0/s1. The minimum atomic E-state index is -0.784. The number of ether oxygens (including phenoxy) is 4. The maximum absolute atomic E-state index is 11.4. The summed E-state index contributed by atoms with van der Waals surface area (Å²) in [7, 11) is 1.20. The highest BCUT2D eigenvalue weighted by Gasteiger charge is 2.27. The number of rotatable bonds is 5. The highest BCUT2D eigenvalue weighted by molar-refractivity contribution is 5.91. The number of hydrogen-bond acceptors (Lipinski definition) is 7. The van der Waals surface area contributed by atoms with Crippen molar-refractivity contribution in [2.24, 2.45) is 0 Å². The van der Waals surface area contributed by atoms with Gasteiger partial charge in [-0.25, -0.2) is 9.59 Å². The van der Waals surface area contributed by atoms with Crippen molar-refractivity contribution in [3.63, 3.8) is 0 Å². The molecule has 0 radical (unpaired) electrons. The normalized spacial score (nSPS) is 22.3. The van der Waals surface area contributed by atoms with Crippen LogP contribution in [-0.2, 0) is 33.3 Å². The lowest BCUT2D eigenvalue weighted by atomic mass is 10.1. The Hall–Kier alpha value is -1.89. The lowest BCUT2D eigenvalue weighted by molar-refractivity contribution is -0.198. The Morgan fingerprint density at radius 3 is 2.55 bits per heavy atom. The first-order valence-electron chi connectivity index (χ1n) is 6.32. The predicted octanol–water partition coefficient (Wildman–Crippen LogP) is 0.717. The Balaban J connectivity index is 2.39. The number of methoxy groups -OCH3 is 1. The summed E-state index contributed by atoms with van der Waals surface area (Å²) in [6, 6.07) is 0. The molecule has 1 saturated heterocycles. The summed E-state index contributed by atoms with van der Waals surface area (Å²) in [4.78, 5) is 33.4. The Kier molecular flexibility index (Phi) is 6.72. The summed E-state index contributed by atoms with van der Waals surface area (Å²) in [5.74, 6) is -1.67. The number of carbonyl (C=O) groups excluding carboxylic acids is 3. The van der Waals surface area contributed by atoms with Crippen LogP contribution >= 0.6 is 0 Å². The van der Waals surface area contributed by atoms with Gasteiger partial charge in [0.25, 0.3) is 0 Å². The fourth-order valence-corrected chi connectivity index (χ4v) is 1.56. The second-order valence-corrected chi connectivity index (χ2v) is 4.08. The summed E-state index contributed by atoms with van der Waals surface area (Å²) in [5.41, 5.74) is 0. The maximum Gasteiger partial charge on any atom is 0.333 e. The van der Waals surface area contributed by atoms with Gasteiger partial charge in [-0.15, -0.1) is 0 Å². The Bertz CT molecular complexity index is 388. The molecule has 7 nitrogen and oxygen atoms in total. The van der Waals surface area contributed by atoms with Crippen molar-refractivity contribution < 1.29 is 33.3 Å². The van der Waals surface area contributed by atoms with Crippen LogP contribution in [0.3, 0.4) is 0 Å². The first kappa shape index (κ1) is 16.2. The van der Waals surface area contributed by atoms with Gasteiger partial charge in [0.05, 0.1) is 13.7 Å². The molecule has 0 aromatic rings. The predicted molar refractivity (Wildman–Crippen MR) is 66.4 cm³/mol. The van der Waals surface area contributed by atoms with Crippen LogP contribution in [0.5, 0.6) is 0 Å². The van der Waals surface area contributed by atoms with Gasteiger partial charge in [-0.2, -0.15) is 0 Å². The van der Waals surface area contributed by atoms with Crippen molar-refractivity contribution in [2.75, 3.05) is 13.7 Å². The van der Waals surface area contributed by atoms with Crippen LogP contribution in [-0.4, -0.2) is 44.0 Å². The molecule has 0 aliphatic carbocycles. The average molecular weight is 286 g/mol. The Morgan fingerprint density at radius 2 is 1.90 bits per heavy atom. The summed E-state index contributed by atoms with van der Waals surface area (Å²) >= 11 is 0. The van der Waals surface area contributed by atoms with Gasteiger partial charge in [-0.1, -0.05) is 6.92 Å². The molecule has 0 aromatic carbocycles. The fourth-order valence-electron chi connectivity index (χ4n) is 1.56. The lowest BCUT2D eigenvalue weighted by Crippen LogP contribution is -2.34. The van der Waals surface area contributed by atoms with Crippen LogP contribution in [0, 0.1) is 0 Å². The van der Waals surface area contributed by atoms with Crippen molar-refractivity contribution in [1.82, 2.24) is 0 Å². The van der Waals surface area contributed by atoms with Gasteiger partial charge in [-0.3, -0.25) is 4.79 Å². The van der Waals surface area contributed by atoms with Crippen molar-refractivity contribution in [2.45, 2.75) is 38.6 Å². The van der Waals surface area contributed by atoms with E-state index < -0.39 is 18.2 Å². The van der Waals surface area contributed by atoms with Gasteiger partial charge < -0.3 is 18.9 Å². The van der Waals surface area contributed by atoms with Crippen LogP contribution in [0.25, 0.3) is 0 Å². The molecule has 0 aromatic heterocycles. The minimum absolute atomic E-state index is 0.281. The van der Waals surface area contributed by atoms with Gasteiger partial charge in [0.15, 0.2) is 0 Å². The molecule has 1 aliphatic rings. The summed E-state index contributed by atoms with van der Waals surface area (Å²) in [6.45, 7) is 2.04. The summed E-state index contributed by atoms with van der Waals surface area (Å²) in [5, 5.41) is 0. The van der Waals surface area contributed by atoms with Gasteiger partial charge in [0.2, 0.25) is 6.29 Å². The molecular formula is C13H18O7. The number of hydrogen-bond donors (Lipinski definition) is 0. The molecule has 112 valence electrons. The highest BCUT2D eigenvalue weighted by Crippen LogP contribution is 2.18. The number of carbonyl (C=O) groups is 3. The zero-order chi connectivity index (χ0) is 15.0. The van der Waals surface area contributed by atoms with Crippen LogP contribution in [0.4, 0.5) is 0 Å². The molecule has 0 saturated carbocycles. The summed E-state index contributed by atoms with van der Waals surface area (Å²) in [6.07, 6.45) is 1.95. The topological polar surface area (TPSA) is 88.1 Å². The van der Waals surface area contributed by atoms with E-state index in [-0.39, 0.29) is 18.5 Å². The van der Waals surface area contributed by atoms with Crippen LogP contribution in [0.2, 0.25) is 0 Å². The third kappa shape index (κ3) is 5.83. The van der Waals surface area contributed by atoms with E-state index in [0.717, 1.165) is 12.2 Å². The molecule has 1 fully saturated rings. The van der Waals surface area contributed by atoms with Gasteiger partial charge in [-0.05, 0) is 0 Å². The zero-order valence-corrected chi connectivity index (χ0v) is 11.5. The smallest absolute Gasteiger partial charge is 0.333 e. The molecule has 0 amide bonds. The molecule has 1 heterocycles. The van der Waals surface area contributed by atoms with E-state index in [2.05, 4.69) is 4.74 Å². The van der Waals surface area contributed by atoms with Crippen molar-refractivity contribution in [1.29, 1.82) is 0 Å². The molecular weight excluding hydrogens is 268 g/mol. The molecule has 0 N–H and O–H groups in total. The van der Waals surface area contributed by atoms with Gasteiger partial charge in [0, 0.05) is 31.4 Å². The highest BCUT2D eigenvalue weighted by atomic mass is 16.7. The van der Waals surface area contributed by atoms with Crippen molar-refractivity contribution in [3.8, 4) is 0 Å². The van der Waals surface area contributed by atoms with E-state index in [0.29, 0.717) is 19.4 Å². The average Bonchev–Trinajstić information content (AvgIpc) is 2.44. The van der Waals surface area contributed by atoms with Crippen molar-refractivity contribution >= 4 is 17.9 Å². The van der Waals surface area contributed by atoms with Crippen molar-refractivity contribution in [3.05, 3.63) is 12.2 Å². The second-order valence-electron chi connectivity index (χ2n) is 4.08. The van der Waals surface area contributed by atoms with E-state index in [1.165, 1.54) is 7.11 Å². The zero-order valence-electron chi connectivity index (χ0n) is 11.5. The molecule has 1 aliphatic heterocycles. The monoisotopic (exact) mass is 286 g/mol. The molecule has 0 bridgehead atoms. The molecule has 2 atom stereocenters. The Morgan fingerprint density at radius 1 is 1.20 bits per heavy atom. The van der Waals surface area contributed by atoms with Gasteiger partial charge >= 0.3 is 17.9 Å². The van der Waals surface area contributed by atoms with E-state index in [4.69, 9.17) is 14.2 Å². The SMILES string of the molecule is CCC(=O)O[C@H]1CCO[C@@H](OC(=O)/C=C/C(=O)OC)C1. The van der Waals surface area contributed by atoms with Crippen LogP contribution in [0.15, 0.2) is 12.2 Å². The maximum atomic E-state index is 11.4. The molecule has 20 heavy (non-hydrogen) atoms. The van der Waals surface area contributed by atoms with Crippen LogP contribution < -0.4 is 0 Å². The molecule has 0 unspecified atom stereocenters. The van der Waals surface area contributed by atoms with E-state index in [1.807, 2.05) is 0 Å². The number of esters is 3. The minimum Gasteiger partial charge on any atom is -0.466 e. The first-order valence-corrected chi connectivity index (χ1v) is 6.32. The van der Waals surface area contributed by atoms with Crippen LogP contribution in [0.1, 0.15) is 26.2 Å². The molecule has 1 rings (SSSR count). The Labute approximate surface area is 116 Å². The van der Waals surface area contributed by atoms with E-state index in [9.17, 15) is 14.4 Å². The first-order chi connectivity index (χ1) is 9.55. The lowest BCUT2D eigenvalue weighted by Gasteiger charge is -2.28. The van der Waals surface area contributed by atoms with Gasteiger partial charge in [0.1, 0.15) is 6.10 Å². The van der Waals surface area contributed by atoms with E-state index >= 15 is 0 Å². The summed E-state index contributed by atoms with van der Waals surface area (Å²) < 4.78 is 19.7. The molecule has 7 heteroatoms.